The van der Waals surface area contributed by atoms with Crippen molar-refractivity contribution >= 4 is 33.3 Å². The second-order valence-corrected chi connectivity index (χ2v) is 11.2. The molecular formula is C26H28ClN7O3S. The lowest BCUT2D eigenvalue weighted by Gasteiger charge is -2.30. The van der Waals surface area contributed by atoms with Crippen molar-refractivity contribution in [3.63, 3.8) is 0 Å². The summed E-state index contributed by atoms with van der Waals surface area (Å²) >= 11 is 6.61. The number of piperazine rings is 1. The molecule has 0 atom stereocenters. The number of nitrogens with one attached hydrogen (secondary N) is 2. The Morgan fingerprint density at radius 3 is 2.45 bits per heavy atom. The number of benzene rings is 2. The van der Waals surface area contributed by atoms with Gasteiger partial charge in [0.25, 0.3) is 10.0 Å². The first kappa shape index (κ1) is 26.0. The highest BCUT2D eigenvalue weighted by atomic mass is 35.5. The molecule has 12 heteroatoms. The lowest BCUT2D eigenvalue weighted by Crippen LogP contribution is -2.43. The number of sulfonamides is 1. The number of aromatic nitrogens is 4. The number of hydrogen-bond acceptors (Lipinski definition) is 8. The summed E-state index contributed by atoms with van der Waals surface area (Å²) < 4.78 is 35.9. The smallest absolute Gasteiger partial charge is 0.267 e. The van der Waals surface area contributed by atoms with Crippen LogP contribution in [0.2, 0.25) is 5.02 Å². The quantitative estimate of drug-likeness (QED) is 0.351. The van der Waals surface area contributed by atoms with Crippen molar-refractivity contribution in [3.05, 3.63) is 71.0 Å². The third kappa shape index (κ3) is 5.59. The van der Waals surface area contributed by atoms with E-state index in [0.29, 0.717) is 16.5 Å². The fourth-order valence-electron chi connectivity index (χ4n) is 4.42. The van der Waals surface area contributed by atoms with E-state index in [2.05, 4.69) is 30.0 Å². The minimum atomic E-state index is -3.97. The summed E-state index contributed by atoms with van der Waals surface area (Å²) in [6, 6.07) is 13.1. The largest absolute Gasteiger partial charge is 0.439 e. The Hall–Kier alpha value is -3.67. The maximum atomic E-state index is 13.0. The highest BCUT2D eigenvalue weighted by molar-refractivity contribution is 7.92. The Balaban J connectivity index is 1.51. The van der Waals surface area contributed by atoms with Crippen LogP contribution in [0.25, 0.3) is 11.3 Å². The predicted molar refractivity (Wildman–Crippen MR) is 148 cm³/mol. The van der Waals surface area contributed by atoms with Crippen molar-refractivity contribution in [3.8, 4) is 22.9 Å². The third-order valence-corrected chi connectivity index (χ3v) is 7.84. The van der Waals surface area contributed by atoms with Gasteiger partial charge in [0.2, 0.25) is 11.8 Å². The van der Waals surface area contributed by atoms with E-state index in [1.165, 1.54) is 17.1 Å². The summed E-state index contributed by atoms with van der Waals surface area (Å²) in [5, 5.41) is 7.84. The Morgan fingerprint density at radius 1 is 1.05 bits per heavy atom. The summed E-state index contributed by atoms with van der Waals surface area (Å²) in [7, 11) is -2.33. The van der Waals surface area contributed by atoms with E-state index in [4.69, 9.17) is 16.3 Å². The highest BCUT2D eigenvalue weighted by Crippen LogP contribution is 2.34. The van der Waals surface area contributed by atoms with Gasteiger partial charge in [-0.1, -0.05) is 29.8 Å². The van der Waals surface area contributed by atoms with Crippen LogP contribution in [0.1, 0.15) is 11.1 Å². The molecule has 0 saturated carbocycles. The second-order valence-electron chi connectivity index (χ2n) is 9.09. The molecule has 4 aromatic rings. The summed E-state index contributed by atoms with van der Waals surface area (Å²) in [6.45, 7) is 7.47. The van der Waals surface area contributed by atoms with Crippen LogP contribution < -0.4 is 19.7 Å². The molecule has 0 aliphatic carbocycles. The maximum absolute atomic E-state index is 13.0. The maximum Gasteiger partial charge on any atom is 0.267 e. The molecule has 38 heavy (non-hydrogen) atoms. The van der Waals surface area contributed by atoms with Gasteiger partial charge in [-0.15, -0.1) is 0 Å². The summed E-state index contributed by atoms with van der Waals surface area (Å²) in [5.74, 6) is 0.529. The summed E-state index contributed by atoms with van der Waals surface area (Å²) in [5.41, 5.74) is 4.30. The monoisotopic (exact) mass is 553 g/mol. The van der Waals surface area contributed by atoms with Crippen molar-refractivity contribution < 1.29 is 13.2 Å². The third-order valence-electron chi connectivity index (χ3n) is 6.26. The fraction of sp³-hybridized carbons (Fsp3) is 0.269. The van der Waals surface area contributed by atoms with Crippen LogP contribution in [0.3, 0.4) is 0 Å². The van der Waals surface area contributed by atoms with Gasteiger partial charge in [0.15, 0.2) is 0 Å². The fourth-order valence-corrected chi connectivity index (χ4v) is 5.64. The molecule has 1 saturated heterocycles. The normalized spacial score (nSPS) is 13.9. The standard InChI is InChI=1S/C26H28ClN7O3S/c1-17-5-4-6-18(2)25(17)22-14-24(31-26(30-22)32-38(35,36)20-15-29-33(3)16-20)37-19-7-8-23(21(27)13-19)34-11-9-28-10-12-34/h4-8,13-16,28H,9-12H2,1-3H3,(H,30,31,32). The minimum absolute atomic E-state index is 0.00109. The number of halogens is 1. The molecule has 2 N–H and O–H groups in total. The Labute approximate surface area is 226 Å². The molecule has 0 spiro atoms. The molecule has 0 amide bonds. The molecule has 198 valence electrons. The topological polar surface area (TPSA) is 114 Å². The first-order valence-electron chi connectivity index (χ1n) is 12.1. The van der Waals surface area contributed by atoms with E-state index in [-0.39, 0.29) is 16.7 Å². The second kappa shape index (κ2) is 10.6. The first-order chi connectivity index (χ1) is 18.2. The van der Waals surface area contributed by atoms with Crippen molar-refractivity contribution in [2.24, 2.45) is 7.05 Å². The van der Waals surface area contributed by atoms with Crippen LogP contribution in [-0.2, 0) is 17.1 Å². The van der Waals surface area contributed by atoms with Gasteiger partial charge in [-0.25, -0.2) is 18.1 Å². The zero-order chi connectivity index (χ0) is 26.9. The van der Waals surface area contributed by atoms with Gasteiger partial charge in [-0.3, -0.25) is 4.68 Å². The van der Waals surface area contributed by atoms with Crippen molar-refractivity contribution in [1.82, 2.24) is 25.1 Å². The van der Waals surface area contributed by atoms with Gasteiger partial charge in [0, 0.05) is 57.1 Å². The van der Waals surface area contributed by atoms with E-state index in [1.807, 2.05) is 44.2 Å². The molecule has 1 aliphatic heterocycles. The number of nitrogens with zero attached hydrogens (tertiary/aromatic N) is 5. The lowest BCUT2D eigenvalue weighted by molar-refractivity contribution is 0.463. The molecule has 1 aliphatic rings. The molecule has 1 fully saturated rings. The number of hydrogen-bond donors (Lipinski definition) is 2. The van der Waals surface area contributed by atoms with Gasteiger partial charge < -0.3 is 15.0 Å². The molecule has 3 heterocycles. The number of aryl methyl sites for hydroxylation is 3. The molecule has 2 aromatic carbocycles. The SMILES string of the molecule is Cc1cccc(C)c1-c1cc(Oc2ccc(N3CCNCC3)c(Cl)c2)nc(NS(=O)(=O)c2cnn(C)c2)n1. The number of ether oxygens (including phenoxy) is 1. The van der Waals surface area contributed by atoms with Crippen LogP contribution in [0.4, 0.5) is 11.6 Å². The Morgan fingerprint density at radius 2 is 1.79 bits per heavy atom. The molecule has 2 aromatic heterocycles. The average molecular weight is 554 g/mol. The van der Waals surface area contributed by atoms with Crippen LogP contribution >= 0.6 is 11.6 Å². The summed E-state index contributed by atoms with van der Waals surface area (Å²) in [6.07, 6.45) is 2.66. The van der Waals surface area contributed by atoms with E-state index < -0.39 is 10.0 Å². The van der Waals surface area contributed by atoms with E-state index in [9.17, 15) is 8.42 Å². The molecule has 10 nitrogen and oxygen atoms in total. The van der Waals surface area contributed by atoms with E-state index >= 15 is 0 Å². The predicted octanol–water partition coefficient (Wildman–Crippen LogP) is 4.15. The van der Waals surface area contributed by atoms with Gasteiger partial charge in [-0.05, 0) is 37.1 Å². The van der Waals surface area contributed by atoms with Crippen LogP contribution in [-0.4, -0.2) is 54.3 Å². The Kier molecular flexibility index (Phi) is 7.24. The van der Waals surface area contributed by atoms with Gasteiger partial charge in [-0.2, -0.15) is 10.1 Å². The van der Waals surface area contributed by atoms with Crippen LogP contribution in [0, 0.1) is 13.8 Å². The van der Waals surface area contributed by atoms with Gasteiger partial charge in [0.1, 0.15) is 10.6 Å². The summed E-state index contributed by atoms with van der Waals surface area (Å²) in [4.78, 5) is 11.1. The molecule has 0 bridgehead atoms. The number of rotatable bonds is 7. The lowest BCUT2D eigenvalue weighted by atomic mass is 10.00. The highest BCUT2D eigenvalue weighted by Gasteiger charge is 2.21. The first-order valence-corrected chi connectivity index (χ1v) is 14.0. The zero-order valence-corrected chi connectivity index (χ0v) is 22.8. The minimum Gasteiger partial charge on any atom is -0.439 e. The van der Waals surface area contributed by atoms with Crippen molar-refractivity contribution in [2.45, 2.75) is 18.7 Å². The van der Waals surface area contributed by atoms with E-state index in [1.54, 1.807) is 19.2 Å². The van der Waals surface area contributed by atoms with Gasteiger partial charge >= 0.3 is 0 Å². The number of anilines is 2. The van der Waals surface area contributed by atoms with Crippen molar-refractivity contribution in [1.29, 1.82) is 0 Å². The van der Waals surface area contributed by atoms with Crippen LogP contribution in [0.5, 0.6) is 11.6 Å². The average Bonchev–Trinajstić information content (AvgIpc) is 3.32. The van der Waals surface area contributed by atoms with E-state index in [0.717, 1.165) is 48.6 Å². The Bertz CT molecular complexity index is 1560. The van der Waals surface area contributed by atoms with Gasteiger partial charge in [0.05, 0.1) is 22.6 Å². The van der Waals surface area contributed by atoms with Crippen LogP contribution in [0.15, 0.2) is 59.8 Å². The molecule has 0 radical (unpaired) electrons. The molecule has 5 rings (SSSR count). The van der Waals surface area contributed by atoms with Crippen molar-refractivity contribution in [2.75, 3.05) is 35.8 Å². The zero-order valence-electron chi connectivity index (χ0n) is 21.3. The molecular weight excluding hydrogens is 526 g/mol. The molecule has 0 unspecified atom stereocenters.